The minimum atomic E-state index is -0.0753. The highest BCUT2D eigenvalue weighted by Gasteiger charge is 2.37. The average Bonchev–Trinajstić information content (AvgIpc) is 3.02. The molecule has 2 aromatic carbocycles. The highest BCUT2D eigenvalue weighted by Crippen LogP contribution is 2.35. The molecule has 130 valence electrons. The zero-order valence-corrected chi connectivity index (χ0v) is 14.9. The zero-order valence-electron chi connectivity index (χ0n) is 14.9. The molecular formula is C22H25NO2. The maximum atomic E-state index is 12.2. The zero-order chi connectivity index (χ0) is 17.6. The van der Waals surface area contributed by atoms with Crippen molar-refractivity contribution in [3.8, 4) is 0 Å². The molecule has 0 unspecified atom stereocenters. The van der Waals surface area contributed by atoms with Crippen LogP contribution in [0.1, 0.15) is 37.8 Å². The van der Waals surface area contributed by atoms with Crippen molar-refractivity contribution in [1.29, 1.82) is 0 Å². The van der Waals surface area contributed by atoms with Gasteiger partial charge in [0.05, 0.1) is 24.3 Å². The van der Waals surface area contributed by atoms with Gasteiger partial charge >= 0.3 is 5.97 Å². The van der Waals surface area contributed by atoms with Gasteiger partial charge in [-0.05, 0) is 25.7 Å². The van der Waals surface area contributed by atoms with E-state index in [9.17, 15) is 4.79 Å². The molecule has 0 aliphatic heterocycles. The number of nitrogens with zero attached hydrogens (tertiary/aromatic N) is 1. The Labute approximate surface area is 149 Å². The van der Waals surface area contributed by atoms with Gasteiger partial charge in [-0.1, -0.05) is 67.6 Å². The summed E-state index contributed by atoms with van der Waals surface area (Å²) in [6.45, 7) is 4.42. The van der Waals surface area contributed by atoms with E-state index in [4.69, 9.17) is 9.73 Å². The van der Waals surface area contributed by atoms with Crippen LogP contribution >= 0.6 is 0 Å². The van der Waals surface area contributed by atoms with Crippen LogP contribution < -0.4 is 0 Å². The smallest absolute Gasteiger partial charge is 0.309 e. The summed E-state index contributed by atoms with van der Waals surface area (Å²) in [5, 5.41) is 0. The first-order valence-corrected chi connectivity index (χ1v) is 9.04. The Hall–Kier alpha value is -2.42. The van der Waals surface area contributed by atoms with Crippen molar-refractivity contribution >= 4 is 11.7 Å². The van der Waals surface area contributed by atoms with Crippen LogP contribution in [0.5, 0.6) is 0 Å². The molecule has 3 nitrogen and oxygen atoms in total. The number of carbonyl (C=O) groups is 1. The molecule has 0 aromatic heterocycles. The van der Waals surface area contributed by atoms with Crippen LogP contribution in [0.2, 0.25) is 0 Å². The topological polar surface area (TPSA) is 38.7 Å². The number of benzene rings is 2. The van der Waals surface area contributed by atoms with Gasteiger partial charge in [0.1, 0.15) is 0 Å². The summed E-state index contributed by atoms with van der Waals surface area (Å²) < 4.78 is 5.23. The molecule has 3 rings (SSSR count). The molecule has 1 saturated carbocycles. The molecule has 0 saturated heterocycles. The monoisotopic (exact) mass is 335 g/mol. The lowest BCUT2D eigenvalue weighted by Crippen LogP contribution is -2.20. The predicted molar refractivity (Wildman–Crippen MR) is 101 cm³/mol. The number of aliphatic imine (C=N–C) groups is 1. The Bertz CT molecular complexity index is 683. The van der Waals surface area contributed by atoms with Crippen LogP contribution in [0.15, 0.2) is 65.7 Å². The van der Waals surface area contributed by atoms with Gasteiger partial charge in [-0.15, -0.1) is 0 Å². The Morgan fingerprint density at radius 3 is 2.08 bits per heavy atom. The Balaban J connectivity index is 1.88. The van der Waals surface area contributed by atoms with E-state index in [1.165, 1.54) is 0 Å². The van der Waals surface area contributed by atoms with E-state index in [1.54, 1.807) is 0 Å². The molecule has 2 aromatic rings. The largest absolute Gasteiger partial charge is 0.466 e. The third kappa shape index (κ3) is 4.16. The van der Waals surface area contributed by atoms with Crippen LogP contribution in [0.25, 0.3) is 0 Å². The standard InChI is InChI=1S/C22H25NO2/c1-3-25-22(24)20-15-19(14-16(20)2)23-21(17-10-6-4-7-11-17)18-12-8-5-9-13-18/h4-13,16,19-20H,3,14-15H2,1-2H3/t16-,19-,20+/m0/s1. The van der Waals surface area contributed by atoms with E-state index < -0.39 is 0 Å². The molecule has 3 atom stereocenters. The first-order valence-electron chi connectivity index (χ1n) is 9.04. The molecule has 0 N–H and O–H groups in total. The molecule has 0 radical (unpaired) electrons. The summed E-state index contributed by atoms with van der Waals surface area (Å²) in [5.74, 6) is 0.191. The van der Waals surface area contributed by atoms with Crippen molar-refractivity contribution in [2.24, 2.45) is 16.8 Å². The van der Waals surface area contributed by atoms with Crippen molar-refractivity contribution in [3.63, 3.8) is 0 Å². The Morgan fingerprint density at radius 1 is 1.00 bits per heavy atom. The quantitative estimate of drug-likeness (QED) is 0.596. The van der Waals surface area contributed by atoms with Crippen LogP contribution in [0, 0.1) is 11.8 Å². The summed E-state index contributed by atoms with van der Waals surface area (Å²) in [6.07, 6.45) is 1.69. The number of ether oxygens (including phenoxy) is 1. The maximum Gasteiger partial charge on any atom is 0.309 e. The highest BCUT2D eigenvalue weighted by atomic mass is 16.5. The molecule has 0 amide bonds. The molecular weight excluding hydrogens is 310 g/mol. The number of carbonyl (C=O) groups excluding carboxylic acids is 1. The second-order valence-corrected chi connectivity index (χ2v) is 6.67. The van der Waals surface area contributed by atoms with Crippen molar-refractivity contribution in [1.82, 2.24) is 0 Å². The summed E-state index contributed by atoms with van der Waals surface area (Å²) in [6, 6.07) is 20.7. The third-order valence-corrected chi connectivity index (χ3v) is 4.85. The molecule has 1 aliphatic rings. The SMILES string of the molecule is CCOC(=O)[C@@H]1C[C@@H](N=C(c2ccccc2)c2ccccc2)C[C@@H]1C. The Kier molecular flexibility index (Phi) is 5.64. The predicted octanol–water partition coefficient (Wildman–Crippen LogP) is 4.50. The number of rotatable bonds is 5. The van der Waals surface area contributed by atoms with Gasteiger partial charge in [0.2, 0.25) is 0 Å². The first-order chi connectivity index (χ1) is 12.2. The summed E-state index contributed by atoms with van der Waals surface area (Å²) >= 11 is 0. The van der Waals surface area contributed by atoms with Gasteiger partial charge in [0.15, 0.2) is 0 Å². The van der Waals surface area contributed by atoms with Crippen LogP contribution in [-0.4, -0.2) is 24.3 Å². The summed E-state index contributed by atoms with van der Waals surface area (Å²) in [4.78, 5) is 17.2. The van der Waals surface area contributed by atoms with Gasteiger partial charge in [-0.3, -0.25) is 9.79 Å². The normalized spacial score (nSPS) is 22.4. The second kappa shape index (κ2) is 8.11. The lowest BCUT2D eigenvalue weighted by atomic mass is 9.99. The van der Waals surface area contributed by atoms with E-state index in [2.05, 4.69) is 31.2 Å². The molecule has 1 aliphatic carbocycles. The van der Waals surface area contributed by atoms with E-state index in [1.807, 2.05) is 43.3 Å². The second-order valence-electron chi connectivity index (χ2n) is 6.67. The van der Waals surface area contributed by atoms with Crippen molar-refractivity contribution in [2.45, 2.75) is 32.7 Å². The highest BCUT2D eigenvalue weighted by molar-refractivity contribution is 6.13. The maximum absolute atomic E-state index is 12.2. The van der Waals surface area contributed by atoms with E-state index in [-0.39, 0.29) is 17.9 Å². The fourth-order valence-electron chi connectivity index (χ4n) is 3.59. The van der Waals surface area contributed by atoms with Crippen molar-refractivity contribution in [2.75, 3.05) is 6.61 Å². The lowest BCUT2D eigenvalue weighted by molar-refractivity contribution is -0.149. The average molecular weight is 335 g/mol. The number of hydrogen-bond acceptors (Lipinski definition) is 3. The number of esters is 1. The third-order valence-electron chi connectivity index (χ3n) is 4.85. The van der Waals surface area contributed by atoms with Gasteiger partial charge in [0.25, 0.3) is 0 Å². The molecule has 0 heterocycles. The van der Waals surface area contributed by atoms with Gasteiger partial charge < -0.3 is 4.74 Å². The van der Waals surface area contributed by atoms with Crippen LogP contribution in [0.4, 0.5) is 0 Å². The fourth-order valence-corrected chi connectivity index (χ4v) is 3.59. The van der Waals surface area contributed by atoms with E-state index in [0.29, 0.717) is 12.5 Å². The summed E-state index contributed by atoms with van der Waals surface area (Å²) in [5.41, 5.74) is 3.23. The number of hydrogen-bond donors (Lipinski definition) is 0. The fraction of sp³-hybridized carbons (Fsp3) is 0.364. The minimum Gasteiger partial charge on any atom is -0.466 e. The van der Waals surface area contributed by atoms with Gasteiger partial charge in [-0.25, -0.2) is 0 Å². The first kappa shape index (κ1) is 17.4. The minimum absolute atomic E-state index is 0.0403. The molecule has 25 heavy (non-hydrogen) atoms. The van der Waals surface area contributed by atoms with Crippen LogP contribution in [-0.2, 0) is 9.53 Å². The Morgan fingerprint density at radius 2 is 1.56 bits per heavy atom. The molecule has 0 bridgehead atoms. The van der Waals surface area contributed by atoms with Gasteiger partial charge in [-0.2, -0.15) is 0 Å². The summed E-state index contributed by atoms with van der Waals surface area (Å²) in [7, 11) is 0. The molecule has 0 spiro atoms. The van der Waals surface area contributed by atoms with E-state index in [0.717, 1.165) is 29.7 Å². The van der Waals surface area contributed by atoms with Crippen molar-refractivity contribution in [3.05, 3.63) is 71.8 Å². The molecule has 1 fully saturated rings. The van der Waals surface area contributed by atoms with E-state index >= 15 is 0 Å². The van der Waals surface area contributed by atoms with Crippen molar-refractivity contribution < 1.29 is 9.53 Å². The molecule has 3 heteroatoms. The van der Waals surface area contributed by atoms with Crippen LogP contribution in [0.3, 0.4) is 0 Å². The lowest BCUT2D eigenvalue weighted by Gasteiger charge is -2.12. The van der Waals surface area contributed by atoms with Gasteiger partial charge in [0, 0.05) is 11.1 Å².